The van der Waals surface area contributed by atoms with Gasteiger partial charge in [0, 0.05) is 19.2 Å². The Morgan fingerprint density at radius 1 is 1.44 bits per heavy atom. The van der Waals surface area contributed by atoms with E-state index in [4.69, 9.17) is 27.9 Å². The molecule has 0 aliphatic carbocycles. The molecule has 1 fully saturated rings. The van der Waals surface area contributed by atoms with Gasteiger partial charge >= 0.3 is 5.97 Å². The number of rotatable bonds is 2. The van der Waals surface area contributed by atoms with E-state index in [9.17, 15) is 4.79 Å². The summed E-state index contributed by atoms with van der Waals surface area (Å²) in [5.74, 6) is 0.110. The van der Waals surface area contributed by atoms with Crippen LogP contribution in [0.1, 0.15) is 12.8 Å². The van der Waals surface area contributed by atoms with E-state index in [0.29, 0.717) is 22.8 Å². The number of aromatic nitrogens is 2. The Hall–Kier alpha value is -1.07. The lowest BCUT2D eigenvalue weighted by Crippen LogP contribution is -2.40. The van der Waals surface area contributed by atoms with Crippen molar-refractivity contribution >= 4 is 35.1 Å². The van der Waals surface area contributed by atoms with Crippen LogP contribution in [-0.2, 0) is 9.53 Å². The van der Waals surface area contributed by atoms with Gasteiger partial charge in [0.15, 0.2) is 0 Å². The maximum atomic E-state index is 11.5. The van der Waals surface area contributed by atoms with Gasteiger partial charge in [0.2, 0.25) is 5.95 Å². The summed E-state index contributed by atoms with van der Waals surface area (Å²) in [6.07, 6.45) is 1.70. The minimum Gasteiger partial charge on any atom is -0.469 e. The van der Waals surface area contributed by atoms with Crippen LogP contribution < -0.4 is 4.90 Å². The van der Waals surface area contributed by atoms with Crippen LogP contribution >= 0.6 is 23.2 Å². The van der Waals surface area contributed by atoms with E-state index in [1.54, 1.807) is 0 Å². The number of hydrogen-bond acceptors (Lipinski definition) is 5. The van der Waals surface area contributed by atoms with Crippen LogP contribution in [0.2, 0.25) is 10.3 Å². The fourth-order valence-corrected chi connectivity index (χ4v) is 2.45. The van der Waals surface area contributed by atoms with Crippen LogP contribution in [0.3, 0.4) is 0 Å². The van der Waals surface area contributed by atoms with Crippen LogP contribution in [0.5, 0.6) is 0 Å². The van der Waals surface area contributed by atoms with Crippen molar-refractivity contribution in [1.82, 2.24) is 9.97 Å². The molecule has 0 amide bonds. The summed E-state index contributed by atoms with van der Waals surface area (Å²) in [6, 6.07) is 1.48. The molecule has 7 heteroatoms. The summed E-state index contributed by atoms with van der Waals surface area (Å²) in [7, 11) is 1.40. The lowest BCUT2D eigenvalue weighted by molar-refractivity contribution is -0.145. The highest BCUT2D eigenvalue weighted by Gasteiger charge is 2.28. The van der Waals surface area contributed by atoms with Crippen molar-refractivity contribution in [3.8, 4) is 0 Å². The second kappa shape index (κ2) is 5.71. The normalized spacial score (nSPS) is 19.7. The van der Waals surface area contributed by atoms with E-state index in [2.05, 4.69) is 9.97 Å². The topological polar surface area (TPSA) is 55.3 Å². The third-order valence-electron chi connectivity index (χ3n) is 2.89. The van der Waals surface area contributed by atoms with Crippen LogP contribution in [0.25, 0.3) is 0 Å². The smallest absolute Gasteiger partial charge is 0.310 e. The van der Waals surface area contributed by atoms with Crippen molar-refractivity contribution < 1.29 is 9.53 Å². The van der Waals surface area contributed by atoms with Crippen molar-refractivity contribution in [2.24, 2.45) is 5.92 Å². The monoisotopic (exact) mass is 289 g/mol. The lowest BCUT2D eigenvalue weighted by Gasteiger charge is -2.31. The van der Waals surface area contributed by atoms with E-state index in [-0.39, 0.29) is 11.9 Å². The van der Waals surface area contributed by atoms with Gasteiger partial charge in [-0.1, -0.05) is 23.2 Å². The maximum Gasteiger partial charge on any atom is 0.310 e. The molecule has 1 aromatic rings. The van der Waals surface area contributed by atoms with Crippen molar-refractivity contribution in [1.29, 1.82) is 0 Å². The largest absolute Gasteiger partial charge is 0.469 e. The number of nitrogens with zero attached hydrogens (tertiary/aromatic N) is 3. The van der Waals surface area contributed by atoms with Gasteiger partial charge in [-0.25, -0.2) is 9.97 Å². The minimum atomic E-state index is -0.201. The fourth-order valence-electron chi connectivity index (χ4n) is 2.04. The fraction of sp³-hybridized carbons (Fsp3) is 0.545. The number of esters is 1. The first-order valence-corrected chi connectivity index (χ1v) is 6.38. The zero-order valence-corrected chi connectivity index (χ0v) is 11.4. The molecule has 1 saturated heterocycles. The van der Waals surface area contributed by atoms with Gasteiger partial charge in [-0.05, 0) is 12.8 Å². The number of methoxy groups -OCH3 is 1. The first-order valence-electron chi connectivity index (χ1n) is 5.63. The third kappa shape index (κ3) is 3.03. The Balaban J connectivity index is 2.15. The van der Waals surface area contributed by atoms with E-state index < -0.39 is 0 Å². The second-order valence-corrected chi connectivity index (χ2v) is 4.90. The summed E-state index contributed by atoms with van der Waals surface area (Å²) < 4.78 is 4.76. The molecule has 1 aliphatic rings. The maximum absolute atomic E-state index is 11.5. The molecule has 98 valence electrons. The van der Waals surface area contributed by atoms with Gasteiger partial charge in [-0.3, -0.25) is 4.79 Å². The van der Waals surface area contributed by atoms with Gasteiger partial charge in [-0.15, -0.1) is 0 Å². The third-order valence-corrected chi connectivity index (χ3v) is 3.28. The molecular formula is C11H13Cl2N3O2. The number of carbonyl (C=O) groups is 1. The first-order chi connectivity index (χ1) is 8.60. The highest BCUT2D eigenvalue weighted by atomic mass is 35.5. The summed E-state index contributed by atoms with van der Waals surface area (Å²) in [5, 5.41) is 0.593. The van der Waals surface area contributed by atoms with Crippen LogP contribution in [0, 0.1) is 5.92 Å². The molecule has 5 nitrogen and oxygen atoms in total. The number of halogens is 2. The van der Waals surface area contributed by atoms with Gasteiger partial charge in [0.25, 0.3) is 0 Å². The summed E-state index contributed by atoms with van der Waals surface area (Å²) in [6.45, 7) is 1.31. The highest BCUT2D eigenvalue weighted by molar-refractivity contribution is 6.33. The predicted molar refractivity (Wildman–Crippen MR) is 69.0 cm³/mol. The number of ether oxygens (including phenoxy) is 1. The molecule has 0 aromatic carbocycles. The van der Waals surface area contributed by atoms with E-state index >= 15 is 0 Å². The van der Waals surface area contributed by atoms with Gasteiger partial charge in [-0.2, -0.15) is 0 Å². The Morgan fingerprint density at radius 2 is 2.11 bits per heavy atom. The zero-order valence-electron chi connectivity index (χ0n) is 9.90. The Morgan fingerprint density at radius 3 is 2.72 bits per heavy atom. The van der Waals surface area contributed by atoms with E-state index in [1.165, 1.54) is 13.2 Å². The number of anilines is 1. The van der Waals surface area contributed by atoms with Crippen molar-refractivity contribution in [3.05, 3.63) is 16.4 Å². The Kier molecular flexibility index (Phi) is 4.24. The standard InChI is InChI=1S/C11H13Cl2N3O2/c1-18-10(17)7-3-2-4-16(6-7)11-14-8(12)5-9(13)15-11/h5,7H,2-4,6H2,1H3/t7-/m0/s1. The second-order valence-electron chi connectivity index (χ2n) is 4.12. The molecular weight excluding hydrogens is 277 g/mol. The zero-order chi connectivity index (χ0) is 13.1. The molecule has 0 radical (unpaired) electrons. The van der Waals surface area contributed by atoms with Gasteiger partial charge in [0.05, 0.1) is 13.0 Å². The molecule has 18 heavy (non-hydrogen) atoms. The number of carbonyl (C=O) groups excluding carboxylic acids is 1. The summed E-state index contributed by atoms with van der Waals surface area (Å²) in [5.41, 5.74) is 0. The molecule has 1 aliphatic heterocycles. The SMILES string of the molecule is COC(=O)[C@H]1CCCN(c2nc(Cl)cc(Cl)n2)C1. The first kappa shape index (κ1) is 13.4. The summed E-state index contributed by atoms with van der Waals surface area (Å²) in [4.78, 5) is 21.7. The Bertz CT molecular complexity index is 436. The van der Waals surface area contributed by atoms with Gasteiger partial charge in [0.1, 0.15) is 10.3 Å². The van der Waals surface area contributed by atoms with Crippen LogP contribution in [0.15, 0.2) is 6.07 Å². The molecule has 0 bridgehead atoms. The van der Waals surface area contributed by atoms with Gasteiger partial charge < -0.3 is 9.64 Å². The van der Waals surface area contributed by atoms with Crippen molar-refractivity contribution in [3.63, 3.8) is 0 Å². The quantitative estimate of drug-likeness (QED) is 0.617. The molecule has 0 saturated carbocycles. The average Bonchev–Trinajstić information content (AvgIpc) is 2.37. The number of hydrogen-bond donors (Lipinski definition) is 0. The molecule has 0 unspecified atom stereocenters. The van der Waals surface area contributed by atoms with Crippen molar-refractivity contribution in [2.45, 2.75) is 12.8 Å². The van der Waals surface area contributed by atoms with Crippen LogP contribution in [-0.4, -0.2) is 36.1 Å². The summed E-state index contributed by atoms with van der Waals surface area (Å²) >= 11 is 11.7. The minimum absolute atomic E-state index is 0.148. The average molecular weight is 290 g/mol. The Labute approximate surface area is 115 Å². The predicted octanol–water partition coefficient (Wildman–Crippen LogP) is 2.17. The van der Waals surface area contributed by atoms with Crippen LogP contribution in [0.4, 0.5) is 5.95 Å². The highest BCUT2D eigenvalue weighted by Crippen LogP contribution is 2.23. The molecule has 2 rings (SSSR count). The molecule has 1 atom stereocenters. The molecule has 0 spiro atoms. The molecule has 0 N–H and O–H groups in total. The van der Waals surface area contributed by atoms with E-state index in [1.807, 2.05) is 4.90 Å². The van der Waals surface area contributed by atoms with E-state index in [0.717, 1.165) is 19.4 Å². The molecule has 2 heterocycles. The number of piperidine rings is 1. The van der Waals surface area contributed by atoms with Crippen molar-refractivity contribution in [2.75, 3.05) is 25.1 Å². The molecule has 1 aromatic heterocycles. The lowest BCUT2D eigenvalue weighted by atomic mass is 9.98.